The Bertz CT molecular complexity index is 557. The van der Waals surface area contributed by atoms with Gasteiger partial charge in [-0.25, -0.2) is 9.59 Å². The normalized spacial score (nSPS) is 29.6. The highest BCUT2D eigenvalue weighted by molar-refractivity contribution is 6.13. The topological polar surface area (TPSA) is 133 Å². The van der Waals surface area contributed by atoms with Crippen LogP contribution >= 0.6 is 0 Å². The fourth-order valence-electron chi connectivity index (χ4n) is 2.85. The smallest absolute Gasteiger partial charge is 0.347 e. The number of hydrogen-bond donors (Lipinski definition) is 3. The van der Waals surface area contributed by atoms with E-state index in [4.69, 9.17) is 23.7 Å². The van der Waals surface area contributed by atoms with Crippen LogP contribution in [0.1, 0.15) is 27.7 Å². The summed E-state index contributed by atoms with van der Waals surface area (Å²) in [6.45, 7) is 6.71. The summed E-state index contributed by atoms with van der Waals surface area (Å²) >= 11 is 0. The highest BCUT2D eigenvalue weighted by Gasteiger charge is 2.55. The molecule has 10 nitrogen and oxygen atoms in total. The lowest BCUT2D eigenvalue weighted by Crippen LogP contribution is -2.44. The Kier molecular flexibility index (Phi) is 7.18. The Labute approximate surface area is 157 Å². The van der Waals surface area contributed by atoms with Crippen LogP contribution in [0.25, 0.3) is 0 Å². The number of nitrogens with one attached hydrogen (secondary N) is 1. The third-order valence-electron chi connectivity index (χ3n) is 4.00. The van der Waals surface area contributed by atoms with Crippen molar-refractivity contribution in [2.45, 2.75) is 64.2 Å². The molecule has 10 heteroatoms. The van der Waals surface area contributed by atoms with Gasteiger partial charge in [0.25, 0.3) is 0 Å². The molecular weight excluding hydrogens is 362 g/mol. The zero-order valence-electron chi connectivity index (χ0n) is 15.8. The van der Waals surface area contributed by atoms with E-state index in [0.29, 0.717) is 0 Å². The molecule has 3 N–H and O–H groups in total. The van der Waals surface area contributed by atoms with Crippen molar-refractivity contribution in [2.24, 2.45) is 0 Å². The van der Waals surface area contributed by atoms with Gasteiger partial charge in [0, 0.05) is 12.7 Å². The lowest BCUT2D eigenvalue weighted by Gasteiger charge is -2.25. The summed E-state index contributed by atoms with van der Waals surface area (Å²) in [6, 6.07) is 0. The van der Waals surface area contributed by atoms with Gasteiger partial charge in [-0.05, 0) is 27.7 Å². The van der Waals surface area contributed by atoms with Crippen LogP contribution in [0, 0.1) is 0 Å². The van der Waals surface area contributed by atoms with Crippen LogP contribution in [-0.4, -0.2) is 78.4 Å². The van der Waals surface area contributed by atoms with Crippen LogP contribution in [0.5, 0.6) is 0 Å². The standard InChI is InChI=1S/C17H27NO9/c1-5-23-14(21)9(15(22)24-6-2)7-18-8-10(19)12-11(20)13-16(25-12)27-17(3,4)26-13/h7,10-13,16,18-20H,5-6,8H2,1-4H3/t10-,11+,12-,13-,16-/m1/s1. The predicted molar refractivity (Wildman–Crippen MR) is 90.1 cm³/mol. The quantitative estimate of drug-likeness (QED) is 0.209. The average Bonchev–Trinajstić information content (AvgIpc) is 3.04. The molecule has 0 aromatic heterocycles. The van der Waals surface area contributed by atoms with E-state index in [-0.39, 0.29) is 25.3 Å². The monoisotopic (exact) mass is 389 g/mol. The van der Waals surface area contributed by atoms with Gasteiger partial charge in [-0.3, -0.25) is 0 Å². The van der Waals surface area contributed by atoms with Gasteiger partial charge in [-0.1, -0.05) is 0 Å². The molecule has 0 aliphatic carbocycles. The number of ether oxygens (including phenoxy) is 5. The first kappa shape index (κ1) is 21.6. The second-order valence-corrected chi connectivity index (χ2v) is 6.53. The number of carbonyl (C=O) groups excluding carboxylic acids is 2. The van der Waals surface area contributed by atoms with E-state index >= 15 is 0 Å². The third-order valence-corrected chi connectivity index (χ3v) is 4.00. The number of aliphatic hydroxyl groups is 2. The number of rotatable bonds is 8. The van der Waals surface area contributed by atoms with Gasteiger partial charge in [-0.2, -0.15) is 0 Å². The molecule has 0 saturated carbocycles. The highest BCUT2D eigenvalue weighted by Crippen LogP contribution is 2.38. The molecule has 2 fully saturated rings. The van der Waals surface area contributed by atoms with Crippen LogP contribution in [0.2, 0.25) is 0 Å². The highest BCUT2D eigenvalue weighted by atomic mass is 16.8. The van der Waals surface area contributed by atoms with E-state index in [1.54, 1.807) is 27.7 Å². The van der Waals surface area contributed by atoms with Crippen molar-refractivity contribution in [1.82, 2.24) is 5.32 Å². The number of esters is 2. The van der Waals surface area contributed by atoms with Crippen molar-refractivity contribution in [3.63, 3.8) is 0 Å². The lowest BCUT2D eigenvalue weighted by molar-refractivity contribution is -0.225. The average molecular weight is 389 g/mol. The first-order valence-electron chi connectivity index (χ1n) is 8.85. The SMILES string of the molecule is CCOC(=O)C(=CNC[C@@H](O)[C@H]1O[C@@H]2OC(C)(C)O[C@@H]2[C@H]1O)C(=O)OCC. The molecule has 27 heavy (non-hydrogen) atoms. The van der Waals surface area contributed by atoms with E-state index in [2.05, 4.69) is 5.32 Å². The van der Waals surface area contributed by atoms with Crippen LogP contribution < -0.4 is 5.32 Å². The Morgan fingerprint density at radius 3 is 2.30 bits per heavy atom. The van der Waals surface area contributed by atoms with Gasteiger partial charge in [0.15, 0.2) is 17.7 Å². The summed E-state index contributed by atoms with van der Waals surface area (Å²) in [4.78, 5) is 23.7. The molecule has 2 saturated heterocycles. The van der Waals surface area contributed by atoms with Crippen LogP contribution in [0.15, 0.2) is 11.8 Å². The Morgan fingerprint density at radius 1 is 1.19 bits per heavy atom. The third kappa shape index (κ3) is 5.17. The van der Waals surface area contributed by atoms with Crippen LogP contribution in [0.4, 0.5) is 0 Å². The largest absolute Gasteiger partial charge is 0.462 e. The summed E-state index contributed by atoms with van der Waals surface area (Å²) in [7, 11) is 0. The van der Waals surface area contributed by atoms with E-state index < -0.39 is 48.4 Å². The minimum atomic E-state index is -1.15. The Hall–Kier alpha value is -1.72. The summed E-state index contributed by atoms with van der Waals surface area (Å²) in [5.74, 6) is -2.55. The van der Waals surface area contributed by atoms with Gasteiger partial charge in [0.05, 0.1) is 13.2 Å². The van der Waals surface area contributed by atoms with Crippen molar-refractivity contribution < 1.29 is 43.5 Å². The maximum atomic E-state index is 11.8. The van der Waals surface area contributed by atoms with Crippen molar-refractivity contribution in [1.29, 1.82) is 0 Å². The number of fused-ring (bicyclic) bond motifs is 1. The van der Waals surface area contributed by atoms with Gasteiger partial charge in [-0.15, -0.1) is 0 Å². The molecule has 154 valence electrons. The summed E-state index contributed by atoms with van der Waals surface area (Å²) < 4.78 is 26.2. The van der Waals surface area contributed by atoms with Crippen molar-refractivity contribution >= 4 is 11.9 Å². The van der Waals surface area contributed by atoms with Gasteiger partial charge >= 0.3 is 11.9 Å². The molecule has 2 aliphatic heterocycles. The predicted octanol–water partition coefficient (Wildman–Crippen LogP) is -0.816. The van der Waals surface area contributed by atoms with E-state index in [1.807, 2.05) is 0 Å². The van der Waals surface area contributed by atoms with Crippen LogP contribution in [0.3, 0.4) is 0 Å². The molecule has 2 aliphatic rings. The fraction of sp³-hybridized carbons (Fsp3) is 0.765. The first-order chi connectivity index (χ1) is 12.7. The zero-order valence-corrected chi connectivity index (χ0v) is 15.8. The number of hydrogen-bond acceptors (Lipinski definition) is 10. The van der Waals surface area contributed by atoms with Gasteiger partial charge in [0.1, 0.15) is 24.4 Å². The molecule has 0 aromatic carbocycles. The maximum absolute atomic E-state index is 11.8. The Morgan fingerprint density at radius 2 is 1.78 bits per heavy atom. The van der Waals surface area contributed by atoms with Crippen LogP contribution in [-0.2, 0) is 33.3 Å². The first-order valence-corrected chi connectivity index (χ1v) is 8.85. The molecule has 0 unspecified atom stereocenters. The Balaban J connectivity index is 1.93. The molecular formula is C17H27NO9. The summed E-state index contributed by atoms with van der Waals surface area (Å²) in [5.41, 5.74) is -0.330. The van der Waals surface area contributed by atoms with Crippen molar-refractivity contribution in [2.75, 3.05) is 19.8 Å². The second kappa shape index (κ2) is 8.98. The number of aliphatic hydroxyl groups excluding tert-OH is 2. The second-order valence-electron chi connectivity index (χ2n) is 6.53. The summed E-state index contributed by atoms with van der Waals surface area (Å²) in [6.07, 6.45) is -3.57. The number of carbonyl (C=O) groups is 2. The molecule has 5 atom stereocenters. The molecule has 0 radical (unpaired) electrons. The van der Waals surface area contributed by atoms with Crippen molar-refractivity contribution in [3.8, 4) is 0 Å². The van der Waals surface area contributed by atoms with Gasteiger partial charge < -0.3 is 39.2 Å². The van der Waals surface area contributed by atoms with E-state index in [0.717, 1.165) is 6.20 Å². The molecule has 0 bridgehead atoms. The van der Waals surface area contributed by atoms with E-state index in [9.17, 15) is 19.8 Å². The van der Waals surface area contributed by atoms with Crippen molar-refractivity contribution in [3.05, 3.63) is 11.8 Å². The molecule has 0 amide bonds. The maximum Gasteiger partial charge on any atom is 0.347 e. The van der Waals surface area contributed by atoms with E-state index in [1.165, 1.54) is 0 Å². The fourth-order valence-corrected chi connectivity index (χ4v) is 2.85. The minimum Gasteiger partial charge on any atom is -0.462 e. The zero-order chi connectivity index (χ0) is 20.2. The lowest BCUT2D eigenvalue weighted by atomic mass is 10.1. The molecule has 0 aromatic rings. The van der Waals surface area contributed by atoms with Gasteiger partial charge in [0.2, 0.25) is 0 Å². The minimum absolute atomic E-state index is 0.0967. The molecule has 2 heterocycles. The summed E-state index contributed by atoms with van der Waals surface area (Å²) in [5, 5.41) is 23.2. The molecule has 0 spiro atoms. The molecule has 2 rings (SSSR count).